The van der Waals surface area contributed by atoms with E-state index < -0.39 is 7.26 Å². The molecule has 0 fully saturated rings. The number of amides is 1. The lowest BCUT2D eigenvalue weighted by Crippen LogP contribution is -2.39. The molecule has 3 aromatic rings. The highest BCUT2D eigenvalue weighted by atomic mass is 31.2. The van der Waals surface area contributed by atoms with Gasteiger partial charge in [0.25, 0.3) is 0 Å². The smallest absolute Gasteiger partial charge is 0.219 e. The van der Waals surface area contributed by atoms with Crippen molar-refractivity contribution < 1.29 is 4.79 Å². The highest BCUT2D eigenvalue weighted by Crippen LogP contribution is 2.54. The van der Waals surface area contributed by atoms with Gasteiger partial charge < -0.3 is 5.32 Å². The molecule has 120 valence electrons. The molecule has 3 heteroatoms. The van der Waals surface area contributed by atoms with Crippen LogP contribution in [0.5, 0.6) is 0 Å². The minimum atomic E-state index is -1.94. The normalized spacial score (nSPS) is 11.0. The van der Waals surface area contributed by atoms with Gasteiger partial charge in [-0.25, -0.2) is 0 Å². The van der Waals surface area contributed by atoms with Gasteiger partial charge in [-0.3, -0.25) is 4.79 Å². The summed E-state index contributed by atoms with van der Waals surface area (Å²) in [6.07, 6.45) is 0.625. The van der Waals surface area contributed by atoms with E-state index in [1.165, 1.54) is 15.9 Å². The van der Waals surface area contributed by atoms with E-state index in [1.54, 1.807) is 6.92 Å². The molecule has 1 amide bonds. The second kappa shape index (κ2) is 7.42. The maximum absolute atomic E-state index is 11.7. The summed E-state index contributed by atoms with van der Waals surface area (Å²) in [6, 6.07) is 31.6. The van der Waals surface area contributed by atoms with Crippen LogP contribution in [0.4, 0.5) is 0 Å². The van der Waals surface area contributed by atoms with Crippen molar-refractivity contribution in [1.82, 2.24) is 5.32 Å². The first kappa shape index (κ1) is 16.4. The molecule has 0 bridgehead atoms. The van der Waals surface area contributed by atoms with Gasteiger partial charge in [0.05, 0.1) is 0 Å². The van der Waals surface area contributed by atoms with Crippen LogP contribution in [0.3, 0.4) is 0 Å². The number of rotatable bonds is 5. The minimum Gasteiger partial charge on any atom is -0.323 e. The molecule has 0 unspecified atom stereocenters. The molecule has 0 radical (unpaired) electrons. The predicted octanol–water partition coefficient (Wildman–Crippen LogP) is 3.07. The van der Waals surface area contributed by atoms with Gasteiger partial charge in [-0.15, -0.1) is 0 Å². The van der Waals surface area contributed by atoms with Crippen LogP contribution in [0, 0.1) is 0 Å². The topological polar surface area (TPSA) is 29.1 Å². The molecule has 1 N–H and O–H groups in total. The van der Waals surface area contributed by atoms with Crippen LogP contribution < -0.4 is 21.2 Å². The van der Waals surface area contributed by atoms with Gasteiger partial charge in [0.1, 0.15) is 29.5 Å². The highest BCUT2D eigenvalue weighted by Gasteiger charge is 2.45. The van der Waals surface area contributed by atoms with E-state index >= 15 is 0 Å². The van der Waals surface area contributed by atoms with Crippen LogP contribution in [0.2, 0.25) is 0 Å². The van der Waals surface area contributed by atoms with E-state index in [0.29, 0.717) is 6.29 Å². The fourth-order valence-corrected chi connectivity index (χ4v) is 6.94. The summed E-state index contributed by atoms with van der Waals surface area (Å²) < 4.78 is 0. The van der Waals surface area contributed by atoms with Crippen LogP contribution >= 0.6 is 7.26 Å². The summed E-state index contributed by atoms with van der Waals surface area (Å²) >= 11 is 0. The van der Waals surface area contributed by atoms with Gasteiger partial charge in [0, 0.05) is 6.92 Å². The summed E-state index contributed by atoms with van der Waals surface area (Å²) in [6.45, 7) is 1.58. The third-order valence-corrected chi connectivity index (χ3v) is 8.33. The van der Waals surface area contributed by atoms with Gasteiger partial charge in [-0.1, -0.05) is 54.6 Å². The number of carbonyl (C=O) groups is 1. The third-order valence-electron chi connectivity index (χ3n) is 4.16. The minimum absolute atomic E-state index is 0.00201. The van der Waals surface area contributed by atoms with Crippen molar-refractivity contribution in [2.45, 2.75) is 6.92 Å². The van der Waals surface area contributed by atoms with E-state index in [1.807, 2.05) is 18.2 Å². The Morgan fingerprint density at radius 2 is 1.04 bits per heavy atom. The Balaban J connectivity index is 2.26. The summed E-state index contributed by atoms with van der Waals surface area (Å²) in [5.74, 6) is 0.00201. The van der Waals surface area contributed by atoms with Gasteiger partial charge in [0.15, 0.2) is 0 Å². The van der Waals surface area contributed by atoms with E-state index in [9.17, 15) is 4.79 Å². The molecule has 0 aliphatic carbocycles. The van der Waals surface area contributed by atoms with E-state index in [4.69, 9.17) is 0 Å². The van der Waals surface area contributed by atoms with Crippen LogP contribution in [0.15, 0.2) is 91.0 Å². The van der Waals surface area contributed by atoms with Crippen molar-refractivity contribution in [2.75, 3.05) is 6.29 Å². The van der Waals surface area contributed by atoms with Crippen molar-refractivity contribution >= 4 is 29.1 Å². The fraction of sp³-hybridized carbons (Fsp3) is 0.0952. The Morgan fingerprint density at radius 3 is 1.33 bits per heavy atom. The Kier molecular flexibility index (Phi) is 5.08. The summed E-state index contributed by atoms with van der Waals surface area (Å²) in [4.78, 5) is 11.7. The largest absolute Gasteiger partial charge is 0.323 e. The zero-order valence-corrected chi connectivity index (χ0v) is 14.6. The molecule has 0 aliphatic rings. The van der Waals surface area contributed by atoms with E-state index in [2.05, 4.69) is 78.1 Å². The molecular weight excluding hydrogens is 313 g/mol. The fourth-order valence-electron chi connectivity index (χ4n) is 3.00. The lowest BCUT2D eigenvalue weighted by molar-refractivity contribution is -0.118. The maximum atomic E-state index is 11.7. The highest BCUT2D eigenvalue weighted by molar-refractivity contribution is 7.95. The lowest BCUT2D eigenvalue weighted by atomic mass is 10.4. The molecule has 0 spiro atoms. The zero-order valence-electron chi connectivity index (χ0n) is 13.7. The molecule has 24 heavy (non-hydrogen) atoms. The zero-order chi connectivity index (χ0) is 16.8. The van der Waals surface area contributed by atoms with Crippen LogP contribution in [-0.2, 0) is 4.79 Å². The van der Waals surface area contributed by atoms with E-state index in [-0.39, 0.29) is 5.91 Å². The number of nitrogens with one attached hydrogen (secondary N) is 1. The molecule has 0 aliphatic heterocycles. The third kappa shape index (κ3) is 3.25. The molecular formula is C21H21NOP+. The van der Waals surface area contributed by atoms with Gasteiger partial charge in [-0.05, 0) is 36.4 Å². The van der Waals surface area contributed by atoms with Crippen LogP contribution in [-0.4, -0.2) is 12.2 Å². The quantitative estimate of drug-likeness (QED) is 0.714. The molecule has 2 nitrogen and oxygen atoms in total. The first-order valence-corrected chi connectivity index (χ1v) is 10.0. The number of carbonyl (C=O) groups excluding carboxylic acids is 1. The first-order valence-electron chi connectivity index (χ1n) is 8.03. The van der Waals surface area contributed by atoms with Crippen LogP contribution in [0.1, 0.15) is 6.92 Å². The van der Waals surface area contributed by atoms with Gasteiger partial charge in [0.2, 0.25) is 5.91 Å². The first-order chi connectivity index (χ1) is 11.7. The molecule has 0 aromatic heterocycles. The predicted molar refractivity (Wildman–Crippen MR) is 104 cm³/mol. The summed E-state index contributed by atoms with van der Waals surface area (Å²) in [5.41, 5.74) is 0. The van der Waals surface area contributed by atoms with Crippen molar-refractivity contribution in [2.24, 2.45) is 0 Å². The Hall–Kier alpha value is -2.44. The second-order valence-electron chi connectivity index (χ2n) is 5.71. The van der Waals surface area contributed by atoms with Gasteiger partial charge >= 0.3 is 0 Å². The molecule has 0 saturated carbocycles. The molecule has 0 saturated heterocycles. The number of hydrogen-bond acceptors (Lipinski definition) is 1. The van der Waals surface area contributed by atoms with Crippen molar-refractivity contribution in [3.8, 4) is 0 Å². The SMILES string of the molecule is CC(=O)NC[P+](c1ccccc1)(c1ccccc1)c1ccccc1. The molecule has 0 atom stereocenters. The standard InChI is InChI=1S/C21H20NOP/c1-18(23)22-17-24(19-11-5-2-6-12-19,20-13-7-3-8-14-20)21-15-9-4-10-16-21/h2-16H,17H2,1H3/p+1. The maximum Gasteiger partial charge on any atom is 0.219 e. The van der Waals surface area contributed by atoms with Crippen molar-refractivity contribution in [3.05, 3.63) is 91.0 Å². The van der Waals surface area contributed by atoms with Crippen LogP contribution in [0.25, 0.3) is 0 Å². The Labute approximate surface area is 143 Å². The average molecular weight is 334 g/mol. The van der Waals surface area contributed by atoms with Crippen molar-refractivity contribution in [3.63, 3.8) is 0 Å². The molecule has 3 rings (SSSR count). The second-order valence-corrected chi connectivity index (χ2v) is 9.19. The average Bonchev–Trinajstić information content (AvgIpc) is 2.65. The van der Waals surface area contributed by atoms with Gasteiger partial charge in [-0.2, -0.15) is 0 Å². The summed E-state index contributed by atoms with van der Waals surface area (Å²) in [5, 5.41) is 6.91. The Bertz CT molecular complexity index is 691. The Morgan fingerprint density at radius 1 is 0.708 bits per heavy atom. The molecule has 3 aromatic carbocycles. The monoisotopic (exact) mass is 334 g/mol. The number of hydrogen-bond donors (Lipinski definition) is 1. The van der Waals surface area contributed by atoms with E-state index in [0.717, 1.165) is 0 Å². The molecule has 0 heterocycles. The summed E-state index contributed by atoms with van der Waals surface area (Å²) in [7, 11) is -1.94. The number of benzene rings is 3. The van der Waals surface area contributed by atoms with Crippen molar-refractivity contribution in [1.29, 1.82) is 0 Å². The lowest BCUT2D eigenvalue weighted by Gasteiger charge is -2.27.